The third-order valence-electron chi connectivity index (χ3n) is 4.02. The summed E-state index contributed by atoms with van der Waals surface area (Å²) < 4.78 is 1.87. The molecular weight excluding hydrogens is 228 g/mol. The summed E-state index contributed by atoms with van der Waals surface area (Å²) in [5.41, 5.74) is 2.14. The van der Waals surface area contributed by atoms with Crippen LogP contribution < -0.4 is 0 Å². The van der Waals surface area contributed by atoms with E-state index < -0.39 is 5.97 Å². The molecule has 2 unspecified atom stereocenters. The normalized spacial score (nSPS) is 22.9. The topological polar surface area (TPSA) is 55.1 Å². The van der Waals surface area contributed by atoms with Crippen molar-refractivity contribution in [2.45, 2.75) is 19.3 Å². The van der Waals surface area contributed by atoms with E-state index in [1.165, 1.54) is 0 Å². The summed E-state index contributed by atoms with van der Waals surface area (Å²) in [5.74, 6) is -0.585. The van der Waals surface area contributed by atoms with Gasteiger partial charge in [-0.05, 0) is 31.2 Å². The quantitative estimate of drug-likeness (QED) is 0.900. The van der Waals surface area contributed by atoms with Gasteiger partial charge < -0.3 is 5.11 Å². The lowest BCUT2D eigenvalue weighted by atomic mass is 9.71. The van der Waals surface area contributed by atoms with Crippen LogP contribution in [0.3, 0.4) is 0 Å². The minimum Gasteiger partial charge on any atom is -0.481 e. The van der Waals surface area contributed by atoms with E-state index in [0.29, 0.717) is 0 Å². The summed E-state index contributed by atoms with van der Waals surface area (Å²) in [5, 5.41) is 14.8. The average molecular weight is 244 g/mol. The van der Waals surface area contributed by atoms with Crippen molar-refractivity contribution < 1.29 is 9.90 Å². The van der Waals surface area contributed by atoms with Crippen LogP contribution in [0.5, 0.6) is 0 Å². The van der Waals surface area contributed by atoms with Crippen LogP contribution in [0.1, 0.15) is 18.5 Å². The van der Waals surface area contributed by atoms with E-state index in [1.54, 1.807) is 0 Å². The Morgan fingerprint density at radius 2 is 2.22 bits per heavy atom. The number of benzene rings is 1. The van der Waals surface area contributed by atoms with Gasteiger partial charge in [0.2, 0.25) is 0 Å². The van der Waals surface area contributed by atoms with Crippen LogP contribution in [0.4, 0.5) is 0 Å². The highest BCUT2D eigenvalue weighted by Gasteiger charge is 2.37. The Kier molecular flexibility index (Phi) is 2.58. The second kappa shape index (κ2) is 4.12. The summed E-state index contributed by atoms with van der Waals surface area (Å²) in [7, 11) is 1.93. The van der Waals surface area contributed by atoms with Gasteiger partial charge in [0.05, 0.1) is 17.1 Å². The number of carboxylic acid groups (broad SMARTS) is 1. The van der Waals surface area contributed by atoms with Crippen LogP contribution in [0, 0.1) is 11.8 Å². The second-order valence-electron chi connectivity index (χ2n) is 5.07. The molecule has 1 fully saturated rings. The second-order valence-corrected chi connectivity index (χ2v) is 5.07. The molecule has 1 aliphatic rings. The van der Waals surface area contributed by atoms with E-state index in [0.717, 1.165) is 35.9 Å². The maximum absolute atomic E-state index is 11.0. The van der Waals surface area contributed by atoms with E-state index in [-0.39, 0.29) is 11.8 Å². The number of fused-ring (bicyclic) bond motifs is 1. The standard InChI is InChI=1S/C14H16N2O2/c1-16-13-5-3-2-4-11(13)12(15-16)8-9-6-7-10(9)14(17)18/h2-5,9-10H,6-8H2,1H3,(H,17,18). The summed E-state index contributed by atoms with van der Waals surface area (Å²) in [6, 6.07) is 8.10. The van der Waals surface area contributed by atoms with Gasteiger partial charge in [-0.1, -0.05) is 18.2 Å². The molecule has 0 saturated heterocycles. The van der Waals surface area contributed by atoms with Crippen LogP contribution in [0.25, 0.3) is 10.9 Å². The molecule has 2 aromatic rings. The molecule has 3 rings (SSSR count). The van der Waals surface area contributed by atoms with E-state index in [4.69, 9.17) is 5.11 Å². The minimum atomic E-state index is -0.661. The predicted octanol–water partition coefficient (Wildman–Crippen LogP) is 2.23. The monoisotopic (exact) mass is 244 g/mol. The van der Waals surface area contributed by atoms with Crippen LogP contribution in [0.15, 0.2) is 24.3 Å². The summed E-state index contributed by atoms with van der Waals surface area (Å²) >= 11 is 0. The molecule has 18 heavy (non-hydrogen) atoms. The molecule has 0 bridgehead atoms. The third-order valence-corrected chi connectivity index (χ3v) is 4.02. The Morgan fingerprint density at radius 1 is 1.44 bits per heavy atom. The van der Waals surface area contributed by atoms with E-state index in [1.807, 2.05) is 29.9 Å². The van der Waals surface area contributed by atoms with E-state index >= 15 is 0 Å². The molecule has 0 radical (unpaired) electrons. The van der Waals surface area contributed by atoms with Gasteiger partial charge in [-0.25, -0.2) is 0 Å². The lowest BCUT2D eigenvalue weighted by Gasteiger charge is -2.32. The van der Waals surface area contributed by atoms with Crippen molar-refractivity contribution in [3.63, 3.8) is 0 Å². The molecule has 1 aromatic carbocycles. The molecule has 0 amide bonds. The largest absolute Gasteiger partial charge is 0.481 e. The molecule has 1 N–H and O–H groups in total. The third kappa shape index (κ3) is 1.68. The highest BCUT2D eigenvalue weighted by molar-refractivity contribution is 5.82. The number of carbonyl (C=O) groups is 1. The maximum atomic E-state index is 11.0. The Hall–Kier alpha value is -1.84. The fourth-order valence-electron chi connectivity index (χ4n) is 2.83. The zero-order chi connectivity index (χ0) is 12.7. The first-order chi connectivity index (χ1) is 8.66. The van der Waals surface area contributed by atoms with Gasteiger partial charge in [0.1, 0.15) is 0 Å². The Labute approximate surface area is 105 Å². The number of hydrogen-bond donors (Lipinski definition) is 1. The van der Waals surface area contributed by atoms with E-state index in [9.17, 15) is 4.79 Å². The summed E-state index contributed by atoms with van der Waals surface area (Å²) in [6.45, 7) is 0. The number of para-hydroxylation sites is 1. The van der Waals surface area contributed by atoms with Crippen molar-refractivity contribution in [1.29, 1.82) is 0 Å². The number of rotatable bonds is 3. The molecule has 2 atom stereocenters. The van der Waals surface area contributed by atoms with Gasteiger partial charge in [-0.15, -0.1) is 0 Å². The first-order valence-electron chi connectivity index (χ1n) is 6.30. The number of aromatic nitrogens is 2. The Morgan fingerprint density at radius 3 is 2.89 bits per heavy atom. The fraction of sp³-hybridized carbons (Fsp3) is 0.429. The van der Waals surface area contributed by atoms with Crippen molar-refractivity contribution in [1.82, 2.24) is 9.78 Å². The molecule has 0 aliphatic heterocycles. The van der Waals surface area contributed by atoms with Crippen LogP contribution >= 0.6 is 0 Å². The van der Waals surface area contributed by atoms with Crippen molar-refractivity contribution >= 4 is 16.9 Å². The van der Waals surface area contributed by atoms with Crippen LogP contribution in [-0.2, 0) is 18.3 Å². The van der Waals surface area contributed by atoms with Gasteiger partial charge in [-0.3, -0.25) is 9.48 Å². The van der Waals surface area contributed by atoms with Gasteiger partial charge in [-0.2, -0.15) is 5.10 Å². The van der Waals surface area contributed by atoms with Crippen LogP contribution in [0.2, 0.25) is 0 Å². The zero-order valence-corrected chi connectivity index (χ0v) is 10.3. The van der Waals surface area contributed by atoms with Crippen molar-refractivity contribution in [2.24, 2.45) is 18.9 Å². The predicted molar refractivity (Wildman–Crippen MR) is 68.3 cm³/mol. The van der Waals surface area contributed by atoms with Gasteiger partial charge in [0.15, 0.2) is 0 Å². The Bertz CT molecular complexity index is 603. The fourth-order valence-corrected chi connectivity index (χ4v) is 2.83. The average Bonchev–Trinajstić information content (AvgIpc) is 2.62. The molecule has 1 aromatic heterocycles. The van der Waals surface area contributed by atoms with Gasteiger partial charge in [0.25, 0.3) is 0 Å². The summed E-state index contributed by atoms with van der Waals surface area (Å²) in [6.07, 6.45) is 2.59. The summed E-state index contributed by atoms with van der Waals surface area (Å²) in [4.78, 5) is 11.0. The van der Waals surface area contributed by atoms with Crippen molar-refractivity contribution in [2.75, 3.05) is 0 Å². The number of carboxylic acids is 1. The zero-order valence-electron chi connectivity index (χ0n) is 10.3. The molecule has 1 saturated carbocycles. The first-order valence-corrected chi connectivity index (χ1v) is 6.30. The molecule has 4 nitrogen and oxygen atoms in total. The highest BCUT2D eigenvalue weighted by Crippen LogP contribution is 2.37. The van der Waals surface area contributed by atoms with Crippen molar-refractivity contribution in [3.05, 3.63) is 30.0 Å². The SMILES string of the molecule is Cn1nc(CC2CCC2C(=O)O)c2ccccc21. The maximum Gasteiger partial charge on any atom is 0.306 e. The number of nitrogens with zero attached hydrogens (tertiary/aromatic N) is 2. The minimum absolute atomic E-state index is 0.175. The van der Waals surface area contributed by atoms with Gasteiger partial charge >= 0.3 is 5.97 Å². The first kappa shape index (κ1) is 11.3. The lowest BCUT2D eigenvalue weighted by Crippen LogP contribution is -2.34. The Balaban J connectivity index is 1.89. The van der Waals surface area contributed by atoms with E-state index in [2.05, 4.69) is 11.2 Å². The van der Waals surface area contributed by atoms with Gasteiger partial charge in [0, 0.05) is 12.4 Å². The highest BCUT2D eigenvalue weighted by atomic mass is 16.4. The molecule has 0 spiro atoms. The molecule has 4 heteroatoms. The van der Waals surface area contributed by atoms with Crippen LogP contribution in [-0.4, -0.2) is 20.9 Å². The molecule has 94 valence electrons. The smallest absolute Gasteiger partial charge is 0.306 e. The number of aryl methyl sites for hydroxylation is 1. The number of hydrogen-bond acceptors (Lipinski definition) is 2. The number of aliphatic carboxylic acids is 1. The lowest BCUT2D eigenvalue weighted by molar-refractivity contribution is -0.147. The molecule has 1 heterocycles. The molecular formula is C14H16N2O2. The molecule has 1 aliphatic carbocycles. The van der Waals surface area contributed by atoms with Crippen molar-refractivity contribution in [3.8, 4) is 0 Å².